The molecule has 2 aromatic carbocycles. The lowest BCUT2D eigenvalue weighted by molar-refractivity contribution is 0.0875. The Morgan fingerprint density at radius 3 is 1.92 bits per heavy atom. The summed E-state index contributed by atoms with van der Waals surface area (Å²) in [6.45, 7) is 15.6. The van der Waals surface area contributed by atoms with Crippen LogP contribution in [0.15, 0.2) is 42.5 Å². The molecule has 0 aromatic heterocycles. The van der Waals surface area contributed by atoms with Crippen molar-refractivity contribution < 1.29 is 4.79 Å². The van der Waals surface area contributed by atoms with E-state index in [1.165, 1.54) is 22.3 Å². The van der Waals surface area contributed by atoms with Crippen LogP contribution in [0.3, 0.4) is 0 Å². The van der Waals surface area contributed by atoms with Gasteiger partial charge in [0.1, 0.15) is 0 Å². The Kier molecular flexibility index (Phi) is 4.42. The van der Waals surface area contributed by atoms with Gasteiger partial charge in [-0.25, -0.2) is 0 Å². The van der Waals surface area contributed by atoms with Gasteiger partial charge in [-0.1, -0.05) is 84.0 Å². The maximum atomic E-state index is 13.5. The molecular weight excluding hydrogens is 316 g/mol. The van der Waals surface area contributed by atoms with E-state index in [2.05, 4.69) is 72.7 Å². The lowest BCUT2D eigenvalue weighted by Crippen LogP contribution is -2.38. The molecule has 0 spiro atoms. The lowest BCUT2D eigenvalue weighted by Gasteiger charge is -2.36. The Morgan fingerprint density at radius 1 is 0.846 bits per heavy atom. The number of aryl methyl sites for hydroxylation is 1. The van der Waals surface area contributed by atoms with Crippen molar-refractivity contribution in [1.29, 1.82) is 0 Å². The highest BCUT2D eigenvalue weighted by atomic mass is 16.1. The zero-order chi connectivity index (χ0) is 19.3. The van der Waals surface area contributed by atoms with Gasteiger partial charge in [0.25, 0.3) is 0 Å². The molecule has 0 unspecified atom stereocenters. The molecule has 1 aliphatic carbocycles. The first-order chi connectivity index (χ1) is 11.9. The fourth-order valence-corrected chi connectivity index (χ4v) is 3.84. The van der Waals surface area contributed by atoms with E-state index in [0.29, 0.717) is 0 Å². The number of ketones is 1. The van der Waals surface area contributed by atoms with Crippen molar-refractivity contribution in [2.24, 2.45) is 0 Å². The minimum absolute atomic E-state index is 0.0575. The van der Waals surface area contributed by atoms with Crippen LogP contribution >= 0.6 is 0 Å². The van der Waals surface area contributed by atoms with Crippen molar-refractivity contribution in [3.8, 4) is 0 Å². The summed E-state index contributed by atoms with van der Waals surface area (Å²) in [5.74, 6) is 0.269. The normalized spacial score (nSPS) is 20.8. The highest BCUT2D eigenvalue weighted by Crippen LogP contribution is 2.41. The monoisotopic (exact) mass is 348 g/mol. The van der Waals surface area contributed by atoms with Crippen molar-refractivity contribution in [2.75, 3.05) is 0 Å². The van der Waals surface area contributed by atoms with Gasteiger partial charge in [-0.3, -0.25) is 4.79 Å². The summed E-state index contributed by atoms with van der Waals surface area (Å²) in [7, 11) is 0. The number of hydrogen-bond donors (Lipinski definition) is 0. The number of Topliss-reactive ketones (excluding diaryl/α,β-unsaturated/α-hetero) is 1. The van der Waals surface area contributed by atoms with E-state index in [4.69, 9.17) is 0 Å². The van der Waals surface area contributed by atoms with Gasteiger partial charge in [-0.05, 0) is 52.8 Å². The second-order valence-corrected chi connectivity index (χ2v) is 10.1. The first-order valence-electron chi connectivity index (χ1n) is 9.72. The molecule has 0 saturated carbocycles. The quantitative estimate of drug-likeness (QED) is 0.585. The predicted molar refractivity (Wildman–Crippen MR) is 110 cm³/mol. The zero-order valence-electron chi connectivity index (χ0n) is 17.4. The largest absolute Gasteiger partial charge is 0.293 e. The van der Waals surface area contributed by atoms with E-state index >= 15 is 0 Å². The average molecular weight is 349 g/mol. The number of rotatable bonds is 1. The molecular formula is C25H32O. The second-order valence-electron chi connectivity index (χ2n) is 10.1. The maximum absolute atomic E-state index is 13.5. The van der Waals surface area contributed by atoms with Crippen molar-refractivity contribution in [2.45, 2.75) is 77.6 Å². The van der Waals surface area contributed by atoms with Crippen LogP contribution in [0, 0.1) is 0 Å². The second kappa shape index (κ2) is 6.08. The molecule has 0 bridgehead atoms. The van der Waals surface area contributed by atoms with Gasteiger partial charge >= 0.3 is 0 Å². The molecule has 1 heteroatoms. The van der Waals surface area contributed by atoms with Gasteiger partial charge in [-0.2, -0.15) is 0 Å². The number of carbonyl (C=O) groups is 1. The van der Waals surface area contributed by atoms with E-state index in [0.717, 1.165) is 18.4 Å². The molecule has 0 heterocycles. The van der Waals surface area contributed by atoms with Gasteiger partial charge in [-0.15, -0.1) is 0 Å². The topological polar surface area (TPSA) is 17.1 Å². The lowest BCUT2D eigenvalue weighted by atomic mass is 9.66. The summed E-state index contributed by atoms with van der Waals surface area (Å²) in [5.41, 5.74) is 5.56. The van der Waals surface area contributed by atoms with E-state index in [1.807, 2.05) is 18.2 Å². The highest BCUT2D eigenvalue weighted by molar-refractivity contribution is 6.06. The first-order valence-corrected chi connectivity index (χ1v) is 9.72. The van der Waals surface area contributed by atoms with Crippen molar-refractivity contribution in [3.63, 3.8) is 0 Å². The van der Waals surface area contributed by atoms with Crippen molar-refractivity contribution in [3.05, 3.63) is 70.3 Å². The van der Waals surface area contributed by atoms with Gasteiger partial charge in [0.15, 0.2) is 5.78 Å². The summed E-state index contributed by atoms with van der Waals surface area (Å²) < 4.78 is 0. The van der Waals surface area contributed by atoms with Gasteiger partial charge < -0.3 is 0 Å². The van der Waals surface area contributed by atoms with Crippen LogP contribution in [-0.4, -0.2) is 5.78 Å². The third-order valence-electron chi connectivity index (χ3n) is 5.96. The summed E-state index contributed by atoms with van der Waals surface area (Å²) in [6, 6.07) is 15.0. The Labute approximate surface area is 158 Å². The predicted octanol–water partition coefficient (Wildman–Crippen LogP) is 6.37. The van der Waals surface area contributed by atoms with Gasteiger partial charge in [0.05, 0.1) is 5.41 Å². The van der Waals surface area contributed by atoms with E-state index < -0.39 is 5.41 Å². The first kappa shape index (κ1) is 18.9. The Bertz CT molecular complexity index is 813. The number of hydrogen-bond acceptors (Lipinski definition) is 1. The third kappa shape index (κ3) is 3.24. The molecule has 0 amide bonds. The van der Waals surface area contributed by atoms with Crippen LogP contribution in [0.25, 0.3) is 0 Å². The molecule has 0 fully saturated rings. The minimum atomic E-state index is -0.449. The smallest absolute Gasteiger partial charge is 0.173 e. The van der Waals surface area contributed by atoms with E-state index in [9.17, 15) is 4.79 Å². The summed E-state index contributed by atoms with van der Waals surface area (Å²) in [4.78, 5) is 13.5. The summed E-state index contributed by atoms with van der Waals surface area (Å²) in [6.07, 6.45) is 1.84. The minimum Gasteiger partial charge on any atom is -0.293 e. The number of fused-ring (bicyclic) bond motifs is 1. The van der Waals surface area contributed by atoms with Crippen LogP contribution in [0.4, 0.5) is 0 Å². The van der Waals surface area contributed by atoms with Crippen molar-refractivity contribution in [1.82, 2.24) is 0 Å². The van der Waals surface area contributed by atoms with E-state index in [1.54, 1.807) is 0 Å². The molecule has 1 nitrogen and oxygen atoms in total. The van der Waals surface area contributed by atoms with Crippen molar-refractivity contribution >= 4 is 5.78 Å². The Hall–Kier alpha value is -1.89. The molecule has 3 rings (SSSR count). The molecule has 0 radical (unpaired) electrons. The maximum Gasteiger partial charge on any atom is 0.173 e. The average Bonchev–Trinajstić information content (AvgIpc) is 2.56. The molecule has 1 aliphatic rings. The molecule has 26 heavy (non-hydrogen) atoms. The fraction of sp³-hybridized carbons (Fsp3) is 0.480. The summed E-state index contributed by atoms with van der Waals surface area (Å²) in [5, 5.41) is 0. The highest BCUT2D eigenvalue weighted by Gasteiger charge is 2.40. The molecule has 2 aromatic rings. The van der Waals surface area contributed by atoms with Crippen LogP contribution < -0.4 is 0 Å². The number of benzene rings is 2. The zero-order valence-corrected chi connectivity index (χ0v) is 17.4. The number of carbonyl (C=O) groups excluding carboxylic acids is 1. The Morgan fingerprint density at radius 2 is 1.38 bits per heavy atom. The molecule has 0 aliphatic heterocycles. The Balaban J connectivity index is 2.18. The van der Waals surface area contributed by atoms with Gasteiger partial charge in [0, 0.05) is 5.56 Å². The molecule has 0 N–H and O–H groups in total. The standard InChI is InChI=1S/C25H32O/c1-23(2,3)18-14-19(24(4,5)6)16-20(15-18)25(7)13-12-17-10-8-9-11-21(17)22(25)26/h8-11,14-16H,12-13H2,1-7H3/t25-/m1/s1. The molecule has 138 valence electrons. The molecule has 0 saturated heterocycles. The third-order valence-corrected chi connectivity index (χ3v) is 5.96. The summed E-state index contributed by atoms with van der Waals surface area (Å²) >= 11 is 0. The fourth-order valence-electron chi connectivity index (χ4n) is 3.84. The molecule has 1 atom stereocenters. The van der Waals surface area contributed by atoms with E-state index in [-0.39, 0.29) is 16.6 Å². The SMILES string of the molecule is CC(C)(C)c1cc(C(C)(C)C)cc([C@@]2(C)CCc3ccccc3C2=O)c1. The van der Waals surface area contributed by atoms with Crippen LogP contribution in [0.2, 0.25) is 0 Å². The van der Waals surface area contributed by atoms with Crippen LogP contribution in [0.5, 0.6) is 0 Å². The van der Waals surface area contributed by atoms with Crippen LogP contribution in [0.1, 0.15) is 87.5 Å². The van der Waals surface area contributed by atoms with Crippen LogP contribution in [-0.2, 0) is 22.7 Å². The van der Waals surface area contributed by atoms with Gasteiger partial charge in [0.2, 0.25) is 0 Å².